The van der Waals surface area contributed by atoms with Gasteiger partial charge in [-0.1, -0.05) is 40.4 Å². The zero-order valence-corrected chi connectivity index (χ0v) is 16.5. The molecule has 0 bridgehead atoms. The van der Waals surface area contributed by atoms with E-state index in [1.807, 2.05) is 0 Å². The van der Waals surface area contributed by atoms with E-state index >= 15 is 0 Å². The van der Waals surface area contributed by atoms with Gasteiger partial charge in [-0.15, -0.1) is 0 Å². The van der Waals surface area contributed by atoms with Crippen LogP contribution >= 0.6 is 23.2 Å². The monoisotopic (exact) mass is 450 g/mol. The van der Waals surface area contributed by atoms with Crippen LogP contribution in [0.25, 0.3) is 16.8 Å². The molecule has 0 fully saturated rings. The summed E-state index contributed by atoms with van der Waals surface area (Å²) < 4.78 is 42.0. The zero-order chi connectivity index (χ0) is 21.3. The quantitative estimate of drug-likeness (QED) is 0.430. The van der Waals surface area contributed by atoms with Crippen LogP contribution in [0.4, 0.5) is 19.1 Å². The highest BCUT2D eigenvalue weighted by Crippen LogP contribution is 2.30. The lowest BCUT2D eigenvalue weighted by atomic mass is 10.0. The smallest absolute Gasteiger partial charge is 0.248 e. The van der Waals surface area contributed by atoms with E-state index in [2.05, 4.69) is 25.8 Å². The Bertz CT molecular complexity index is 1230. The fourth-order valence-corrected chi connectivity index (χ4v) is 3.21. The van der Waals surface area contributed by atoms with Gasteiger partial charge < -0.3 is 5.32 Å². The molecule has 152 valence electrons. The van der Waals surface area contributed by atoms with Crippen LogP contribution < -0.4 is 5.32 Å². The van der Waals surface area contributed by atoms with Crippen molar-refractivity contribution in [3.63, 3.8) is 0 Å². The van der Waals surface area contributed by atoms with Crippen LogP contribution in [0.2, 0.25) is 10.0 Å². The molecule has 2 aromatic carbocycles. The minimum atomic E-state index is -1.23. The lowest BCUT2D eigenvalue weighted by Gasteiger charge is -2.12. The van der Waals surface area contributed by atoms with E-state index in [1.54, 1.807) is 18.2 Å². The van der Waals surface area contributed by atoms with Crippen LogP contribution in [0.1, 0.15) is 5.56 Å². The number of anilines is 1. The molecule has 0 radical (unpaired) electrons. The Kier molecular flexibility index (Phi) is 5.56. The van der Waals surface area contributed by atoms with Gasteiger partial charge in [0, 0.05) is 18.3 Å². The van der Waals surface area contributed by atoms with E-state index in [-0.39, 0.29) is 23.1 Å². The van der Waals surface area contributed by atoms with Gasteiger partial charge in [0.05, 0.1) is 15.7 Å². The number of nitrogens with zero attached hydrogens (tertiary/aromatic N) is 5. The first-order valence-corrected chi connectivity index (χ1v) is 9.26. The number of aromatic nitrogens is 5. The number of rotatable bonds is 5. The van der Waals surface area contributed by atoms with Gasteiger partial charge in [0.2, 0.25) is 11.9 Å². The molecule has 0 atom stereocenters. The van der Waals surface area contributed by atoms with Crippen molar-refractivity contribution in [3.05, 3.63) is 81.9 Å². The molecule has 0 amide bonds. The van der Waals surface area contributed by atoms with E-state index in [0.717, 1.165) is 12.3 Å². The maximum atomic E-state index is 13.8. The molecule has 0 aliphatic heterocycles. The first kappa shape index (κ1) is 20.1. The summed E-state index contributed by atoms with van der Waals surface area (Å²) in [4.78, 5) is 3.36. The number of tetrazole rings is 1. The fraction of sp³-hybridized carbons (Fsp3) is 0.0526. The molecule has 2 heterocycles. The molecule has 0 aliphatic rings. The standard InChI is InChI=1S/C19H11Cl2F3N6/c20-14-2-1-3-16(17(14)21)30-19(27-28-29-30)26-8-10-4-5-12(22)7-13(10)11-6-15(23)18(24)25-9-11/h1-7,9H,8H2,(H,26,27,29). The van der Waals surface area contributed by atoms with Crippen LogP contribution in [0.3, 0.4) is 0 Å². The van der Waals surface area contributed by atoms with E-state index < -0.39 is 17.6 Å². The Labute approximate surface area is 178 Å². The molecule has 0 saturated carbocycles. The summed E-state index contributed by atoms with van der Waals surface area (Å²) in [6, 6.07) is 9.95. The Morgan fingerprint density at radius 2 is 1.87 bits per heavy atom. The highest BCUT2D eigenvalue weighted by molar-refractivity contribution is 6.43. The first-order valence-electron chi connectivity index (χ1n) is 8.50. The average Bonchev–Trinajstić information content (AvgIpc) is 3.19. The Morgan fingerprint density at radius 1 is 1.03 bits per heavy atom. The SMILES string of the molecule is Fc1ccc(CNc2nnnn2-c2cccc(Cl)c2Cl)c(-c2cnc(F)c(F)c2)c1. The van der Waals surface area contributed by atoms with Crippen molar-refractivity contribution in [2.45, 2.75) is 6.54 Å². The Balaban J connectivity index is 1.65. The van der Waals surface area contributed by atoms with Crippen LogP contribution in [0.5, 0.6) is 0 Å². The molecule has 0 unspecified atom stereocenters. The number of hydrogen-bond donors (Lipinski definition) is 1. The van der Waals surface area contributed by atoms with E-state index in [1.165, 1.54) is 22.9 Å². The minimum absolute atomic E-state index is 0.146. The molecule has 1 N–H and O–H groups in total. The lowest BCUT2D eigenvalue weighted by molar-refractivity contribution is 0.480. The molecular weight excluding hydrogens is 440 g/mol. The van der Waals surface area contributed by atoms with Gasteiger partial charge in [0.1, 0.15) is 5.82 Å². The van der Waals surface area contributed by atoms with Crippen molar-refractivity contribution in [2.75, 3.05) is 5.32 Å². The number of halogens is 5. The van der Waals surface area contributed by atoms with E-state index in [9.17, 15) is 13.2 Å². The third kappa shape index (κ3) is 3.94. The van der Waals surface area contributed by atoms with Crippen LogP contribution in [-0.2, 0) is 6.54 Å². The molecule has 0 saturated heterocycles. The van der Waals surface area contributed by atoms with Crippen LogP contribution in [-0.4, -0.2) is 25.2 Å². The topological polar surface area (TPSA) is 68.5 Å². The van der Waals surface area contributed by atoms with Gasteiger partial charge in [0.15, 0.2) is 5.82 Å². The second-order valence-electron chi connectivity index (χ2n) is 6.14. The highest BCUT2D eigenvalue weighted by Gasteiger charge is 2.15. The average molecular weight is 451 g/mol. The molecule has 11 heteroatoms. The van der Waals surface area contributed by atoms with Crippen molar-refractivity contribution in [2.24, 2.45) is 0 Å². The second kappa shape index (κ2) is 8.29. The molecule has 4 rings (SSSR count). The second-order valence-corrected chi connectivity index (χ2v) is 6.92. The summed E-state index contributed by atoms with van der Waals surface area (Å²) >= 11 is 12.3. The van der Waals surface area contributed by atoms with Crippen molar-refractivity contribution in [1.82, 2.24) is 25.2 Å². The summed E-state index contributed by atoms with van der Waals surface area (Å²) in [7, 11) is 0. The summed E-state index contributed by atoms with van der Waals surface area (Å²) in [5.41, 5.74) is 1.60. The van der Waals surface area contributed by atoms with Crippen molar-refractivity contribution in [3.8, 4) is 16.8 Å². The Morgan fingerprint density at radius 3 is 2.67 bits per heavy atom. The maximum Gasteiger partial charge on any atom is 0.248 e. The first-order chi connectivity index (χ1) is 14.4. The van der Waals surface area contributed by atoms with Crippen molar-refractivity contribution >= 4 is 29.2 Å². The zero-order valence-electron chi connectivity index (χ0n) is 15.0. The molecule has 30 heavy (non-hydrogen) atoms. The number of benzene rings is 2. The van der Waals surface area contributed by atoms with Gasteiger partial charge in [-0.05, 0) is 51.9 Å². The van der Waals surface area contributed by atoms with Crippen LogP contribution in [0.15, 0.2) is 48.7 Å². The summed E-state index contributed by atoms with van der Waals surface area (Å²) in [5.74, 6) is -2.64. The summed E-state index contributed by atoms with van der Waals surface area (Å²) in [5, 5.41) is 15.1. The molecule has 2 aromatic heterocycles. The highest BCUT2D eigenvalue weighted by atomic mass is 35.5. The van der Waals surface area contributed by atoms with Crippen molar-refractivity contribution in [1.29, 1.82) is 0 Å². The third-order valence-corrected chi connectivity index (χ3v) is 5.05. The van der Waals surface area contributed by atoms with E-state index in [4.69, 9.17) is 23.2 Å². The number of hydrogen-bond acceptors (Lipinski definition) is 5. The normalized spacial score (nSPS) is 11.0. The maximum absolute atomic E-state index is 13.8. The van der Waals surface area contributed by atoms with E-state index in [0.29, 0.717) is 21.8 Å². The predicted octanol–water partition coefficient (Wildman–Crippen LogP) is 5.06. The molecule has 0 aliphatic carbocycles. The largest absolute Gasteiger partial charge is 0.349 e. The van der Waals surface area contributed by atoms with Gasteiger partial charge in [0.25, 0.3) is 0 Å². The lowest BCUT2D eigenvalue weighted by Crippen LogP contribution is -2.09. The molecule has 6 nitrogen and oxygen atoms in total. The molecule has 0 spiro atoms. The van der Waals surface area contributed by atoms with Gasteiger partial charge in [-0.3, -0.25) is 0 Å². The molecule has 4 aromatic rings. The third-order valence-electron chi connectivity index (χ3n) is 4.25. The minimum Gasteiger partial charge on any atom is -0.349 e. The van der Waals surface area contributed by atoms with Gasteiger partial charge in [-0.25, -0.2) is 13.8 Å². The number of nitrogens with one attached hydrogen (secondary N) is 1. The predicted molar refractivity (Wildman–Crippen MR) is 106 cm³/mol. The Hall–Kier alpha value is -3.17. The number of pyridine rings is 1. The van der Waals surface area contributed by atoms with Gasteiger partial charge >= 0.3 is 0 Å². The van der Waals surface area contributed by atoms with Crippen LogP contribution in [0, 0.1) is 17.6 Å². The van der Waals surface area contributed by atoms with Crippen molar-refractivity contribution < 1.29 is 13.2 Å². The summed E-state index contributed by atoms with van der Waals surface area (Å²) in [6.45, 7) is 0.146. The molecular formula is C19H11Cl2F3N6. The van der Waals surface area contributed by atoms with Gasteiger partial charge in [-0.2, -0.15) is 9.07 Å². The summed E-state index contributed by atoms with van der Waals surface area (Å²) in [6.07, 6.45) is 1.13. The fourth-order valence-electron chi connectivity index (χ4n) is 2.83.